The lowest BCUT2D eigenvalue weighted by Gasteiger charge is -2.29. The number of carbonyl (C=O) groups excluding carboxylic acids is 1. The largest absolute Gasteiger partial charge is 0.392 e. The van der Waals surface area contributed by atoms with Gasteiger partial charge in [-0.3, -0.25) is 4.79 Å². The van der Waals surface area contributed by atoms with Crippen LogP contribution in [0.25, 0.3) is 0 Å². The van der Waals surface area contributed by atoms with Crippen molar-refractivity contribution < 1.29 is 9.90 Å². The van der Waals surface area contributed by atoms with Crippen molar-refractivity contribution in [3.05, 3.63) is 35.9 Å². The lowest BCUT2D eigenvalue weighted by molar-refractivity contribution is 0.0360. The molecule has 0 radical (unpaired) electrons. The Morgan fingerprint density at radius 2 is 1.78 bits per heavy atom. The highest BCUT2D eigenvalue weighted by atomic mass is 16.3. The van der Waals surface area contributed by atoms with E-state index in [0.717, 1.165) is 12.8 Å². The van der Waals surface area contributed by atoms with Gasteiger partial charge in [0.1, 0.15) is 0 Å². The molecular weight excluding hydrogens is 224 g/mol. The fraction of sp³-hybridized carbons (Fsp3) is 0.562. The molecule has 1 saturated carbocycles. The molecule has 0 aromatic heterocycles. The summed E-state index contributed by atoms with van der Waals surface area (Å²) in [6.45, 7) is 1.86. The molecule has 2 nitrogen and oxygen atoms in total. The normalized spacial score (nSPS) is 20.3. The SMILES string of the molecule is C[C@@H](C(=O)c1ccccc1)[C@@H](O)C1CCCCC1. The zero-order chi connectivity index (χ0) is 13.0. The first-order chi connectivity index (χ1) is 8.70. The summed E-state index contributed by atoms with van der Waals surface area (Å²) >= 11 is 0. The summed E-state index contributed by atoms with van der Waals surface area (Å²) in [6.07, 6.45) is 5.28. The minimum atomic E-state index is -0.488. The van der Waals surface area contributed by atoms with E-state index in [2.05, 4.69) is 0 Å². The Labute approximate surface area is 109 Å². The van der Waals surface area contributed by atoms with Crippen molar-refractivity contribution in [1.29, 1.82) is 0 Å². The number of Topliss-reactive ketones (excluding diaryl/α,β-unsaturated/α-hetero) is 1. The number of aliphatic hydroxyl groups is 1. The van der Waals surface area contributed by atoms with Crippen molar-refractivity contribution >= 4 is 5.78 Å². The number of ketones is 1. The minimum absolute atomic E-state index is 0.0636. The maximum absolute atomic E-state index is 12.3. The molecule has 2 atom stereocenters. The highest BCUT2D eigenvalue weighted by Gasteiger charge is 2.30. The second kappa shape index (κ2) is 6.14. The number of benzene rings is 1. The molecule has 98 valence electrons. The molecule has 0 saturated heterocycles. The smallest absolute Gasteiger partial charge is 0.168 e. The standard InChI is InChI=1S/C16H22O2/c1-12(15(17)13-8-4-2-5-9-13)16(18)14-10-6-3-7-11-14/h2,4-5,8-9,12,14,16,18H,3,6-7,10-11H2,1H3/t12-,16+/m0/s1. The second-order valence-electron chi connectivity index (χ2n) is 5.41. The van der Waals surface area contributed by atoms with E-state index >= 15 is 0 Å². The van der Waals surface area contributed by atoms with Crippen molar-refractivity contribution in [2.24, 2.45) is 11.8 Å². The van der Waals surface area contributed by atoms with E-state index in [4.69, 9.17) is 0 Å². The van der Waals surface area contributed by atoms with E-state index in [9.17, 15) is 9.90 Å². The molecule has 0 bridgehead atoms. The summed E-state index contributed by atoms with van der Waals surface area (Å²) in [5.74, 6) is 0.0746. The molecule has 1 aliphatic rings. The molecule has 1 fully saturated rings. The first-order valence-corrected chi connectivity index (χ1v) is 6.97. The maximum atomic E-state index is 12.3. The zero-order valence-electron chi connectivity index (χ0n) is 11.0. The van der Waals surface area contributed by atoms with Crippen LogP contribution in [0, 0.1) is 11.8 Å². The molecule has 2 rings (SSSR count). The van der Waals surface area contributed by atoms with Crippen molar-refractivity contribution in [1.82, 2.24) is 0 Å². The monoisotopic (exact) mass is 246 g/mol. The van der Waals surface area contributed by atoms with Gasteiger partial charge in [0.05, 0.1) is 6.10 Å². The van der Waals surface area contributed by atoms with Gasteiger partial charge < -0.3 is 5.11 Å². The van der Waals surface area contributed by atoms with Gasteiger partial charge in [-0.25, -0.2) is 0 Å². The zero-order valence-corrected chi connectivity index (χ0v) is 11.0. The number of carbonyl (C=O) groups is 1. The van der Waals surface area contributed by atoms with Crippen LogP contribution in [0.5, 0.6) is 0 Å². The lowest BCUT2D eigenvalue weighted by atomic mass is 9.79. The Morgan fingerprint density at radius 3 is 2.39 bits per heavy atom. The van der Waals surface area contributed by atoms with Crippen molar-refractivity contribution in [3.8, 4) is 0 Å². The van der Waals surface area contributed by atoms with Crippen LogP contribution in [-0.2, 0) is 0 Å². The third-order valence-electron chi connectivity index (χ3n) is 4.12. The molecular formula is C16H22O2. The van der Waals surface area contributed by atoms with Gasteiger partial charge in [0.15, 0.2) is 5.78 Å². The number of hydrogen-bond donors (Lipinski definition) is 1. The van der Waals surface area contributed by atoms with Crippen LogP contribution >= 0.6 is 0 Å². The molecule has 0 unspecified atom stereocenters. The highest BCUT2D eigenvalue weighted by Crippen LogP contribution is 2.30. The predicted octanol–water partition coefficient (Wildman–Crippen LogP) is 3.45. The Morgan fingerprint density at radius 1 is 1.17 bits per heavy atom. The van der Waals surface area contributed by atoms with Gasteiger partial charge >= 0.3 is 0 Å². The van der Waals surface area contributed by atoms with E-state index in [1.54, 1.807) is 0 Å². The molecule has 2 heteroatoms. The van der Waals surface area contributed by atoms with Crippen LogP contribution in [0.3, 0.4) is 0 Å². The van der Waals surface area contributed by atoms with Crippen LogP contribution in [0.15, 0.2) is 30.3 Å². The molecule has 1 aromatic rings. The molecule has 1 aliphatic carbocycles. The van der Waals surface area contributed by atoms with Crippen LogP contribution in [0.2, 0.25) is 0 Å². The number of hydrogen-bond acceptors (Lipinski definition) is 2. The fourth-order valence-corrected chi connectivity index (χ4v) is 2.90. The van der Waals surface area contributed by atoms with Crippen LogP contribution < -0.4 is 0 Å². The lowest BCUT2D eigenvalue weighted by Crippen LogP contribution is -2.33. The van der Waals surface area contributed by atoms with Crippen molar-refractivity contribution in [3.63, 3.8) is 0 Å². The number of aliphatic hydroxyl groups excluding tert-OH is 1. The first kappa shape index (κ1) is 13.3. The van der Waals surface area contributed by atoms with Gasteiger partial charge in [0.2, 0.25) is 0 Å². The summed E-state index contributed by atoms with van der Waals surface area (Å²) in [4.78, 5) is 12.3. The molecule has 0 heterocycles. The topological polar surface area (TPSA) is 37.3 Å². The average molecular weight is 246 g/mol. The van der Waals surface area contributed by atoms with E-state index in [0.29, 0.717) is 11.5 Å². The third-order valence-corrected chi connectivity index (χ3v) is 4.12. The Balaban J connectivity index is 2.01. The van der Waals surface area contributed by atoms with Gasteiger partial charge in [0, 0.05) is 11.5 Å². The minimum Gasteiger partial charge on any atom is -0.392 e. The van der Waals surface area contributed by atoms with E-state index in [1.165, 1.54) is 19.3 Å². The van der Waals surface area contributed by atoms with Gasteiger partial charge in [-0.05, 0) is 18.8 Å². The van der Waals surface area contributed by atoms with Crippen LogP contribution in [0.1, 0.15) is 49.4 Å². The fourth-order valence-electron chi connectivity index (χ4n) is 2.90. The van der Waals surface area contributed by atoms with E-state index < -0.39 is 6.10 Å². The molecule has 1 aromatic carbocycles. The molecule has 0 aliphatic heterocycles. The second-order valence-corrected chi connectivity index (χ2v) is 5.41. The maximum Gasteiger partial charge on any atom is 0.168 e. The summed E-state index contributed by atoms with van der Waals surface area (Å²) in [5.41, 5.74) is 0.708. The highest BCUT2D eigenvalue weighted by molar-refractivity contribution is 5.97. The predicted molar refractivity (Wildman–Crippen MR) is 72.5 cm³/mol. The van der Waals surface area contributed by atoms with Crippen molar-refractivity contribution in [2.75, 3.05) is 0 Å². The molecule has 18 heavy (non-hydrogen) atoms. The van der Waals surface area contributed by atoms with Crippen LogP contribution in [-0.4, -0.2) is 17.0 Å². The van der Waals surface area contributed by atoms with E-state index in [1.807, 2.05) is 37.3 Å². The third kappa shape index (κ3) is 2.99. The van der Waals surface area contributed by atoms with Gasteiger partial charge in [-0.1, -0.05) is 56.5 Å². The summed E-state index contributed by atoms with van der Waals surface area (Å²) in [6, 6.07) is 9.29. The number of rotatable bonds is 4. The molecule has 0 amide bonds. The Bertz CT molecular complexity index is 379. The summed E-state index contributed by atoms with van der Waals surface area (Å²) in [7, 11) is 0. The van der Waals surface area contributed by atoms with Gasteiger partial charge in [-0.2, -0.15) is 0 Å². The average Bonchev–Trinajstić information content (AvgIpc) is 2.47. The Hall–Kier alpha value is -1.15. The quantitative estimate of drug-likeness (QED) is 0.826. The molecule has 1 N–H and O–H groups in total. The van der Waals surface area contributed by atoms with Gasteiger partial charge in [-0.15, -0.1) is 0 Å². The van der Waals surface area contributed by atoms with Crippen LogP contribution in [0.4, 0.5) is 0 Å². The first-order valence-electron chi connectivity index (χ1n) is 6.97. The Kier molecular flexibility index (Phi) is 4.54. The van der Waals surface area contributed by atoms with E-state index in [-0.39, 0.29) is 11.7 Å². The summed E-state index contributed by atoms with van der Waals surface area (Å²) < 4.78 is 0. The van der Waals surface area contributed by atoms with Gasteiger partial charge in [0.25, 0.3) is 0 Å². The summed E-state index contributed by atoms with van der Waals surface area (Å²) in [5, 5.41) is 10.4. The molecule has 0 spiro atoms. The van der Waals surface area contributed by atoms with Crippen molar-refractivity contribution in [2.45, 2.75) is 45.1 Å².